The van der Waals surface area contributed by atoms with Gasteiger partial charge in [-0.25, -0.2) is 9.59 Å². The van der Waals surface area contributed by atoms with E-state index in [9.17, 15) is 14.4 Å². The van der Waals surface area contributed by atoms with E-state index in [0.717, 1.165) is 26.2 Å². The quantitative estimate of drug-likeness (QED) is 0.772. The van der Waals surface area contributed by atoms with Crippen LogP contribution in [0.1, 0.15) is 20.7 Å². The molecule has 2 rings (SSSR count). The lowest BCUT2D eigenvalue weighted by Crippen LogP contribution is -2.47. The fourth-order valence-electron chi connectivity index (χ4n) is 2.58. The summed E-state index contributed by atoms with van der Waals surface area (Å²) in [6.45, 7) is 3.72. The summed E-state index contributed by atoms with van der Waals surface area (Å²) >= 11 is 0. The number of piperazine rings is 1. The molecule has 0 spiro atoms. The van der Waals surface area contributed by atoms with Crippen LogP contribution in [-0.2, 0) is 14.3 Å². The number of rotatable bonds is 5. The number of carbonyl (C=O) groups is 3. The standard InChI is InChI=1S/C17H23N3O5/c1-19-4-6-20(7-5-19)11-15(21)18-14-9-12(16(22)24-2)8-13(10-14)17(23)25-3/h8-10H,4-7,11H2,1-3H3,(H,18,21). The predicted octanol–water partition coefficient (Wildman–Crippen LogP) is 0.446. The molecular weight excluding hydrogens is 326 g/mol. The Balaban J connectivity index is 2.10. The van der Waals surface area contributed by atoms with Crippen LogP contribution in [0.25, 0.3) is 0 Å². The Morgan fingerprint density at radius 3 is 1.96 bits per heavy atom. The van der Waals surface area contributed by atoms with Gasteiger partial charge < -0.3 is 19.7 Å². The Kier molecular flexibility index (Phi) is 6.49. The van der Waals surface area contributed by atoms with Crippen LogP contribution in [0.15, 0.2) is 18.2 Å². The molecule has 25 heavy (non-hydrogen) atoms. The highest BCUT2D eigenvalue weighted by molar-refractivity contribution is 5.99. The summed E-state index contributed by atoms with van der Waals surface area (Å²) in [5.41, 5.74) is 0.683. The van der Waals surface area contributed by atoms with E-state index in [2.05, 4.69) is 24.6 Å². The summed E-state index contributed by atoms with van der Waals surface area (Å²) in [5, 5.41) is 2.73. The van der Waals surface area contributed by atoms with Gasteiger partial charge in [-0.3, -0.25) is 9.69 Å². The number of nitrogens with zero attached hydrogens (tertiary/aromatic N) is 2. The molecule has 0 unspecified atom stereocenters. The molecular formula is C17H23N3O5. The van der Waals surface area contributed by atoms with E-state index in [-0.39, 0.29) is 23.6 Å². The fraction of sp³-hybridized carbons (Fsp3) is 0.471. The number of benzene rings is 1. The largest absolute Gasteiger partial charge is 0.465 e. The highest BCUT2D eigenvalue weighted by Gasteiger charge is 2.18. The predicted molar refractivity (Wildman–Crippen MR) is 91.7 cm³/mol. The van der Waals surface area contributed by atoms with Gasteiger partial charge in [-0.2, -0.15) is 0 Å². The summed E-state index contributed by atoms with van der Waals surface area (Å²) in [5.74, 6) is -1.40. The molecule has 1 saturated heterocycles. The lowest BCUT2D eigenvalue weighted by Gasteiger charge is -2.31. The van der Waals surface area contributed by atoms with Gasteiger partial charge in [-0.15, -0.1) is 0 Å². The Bertz CT molecular complexity index is 619. The van der Waals surface area contributed by atoms with E-state index in [1.165, 1.54) is 32.4 Å². The number of hydrogen-bond donors (Lipinski definition) is 1. The van der Waals surface area contributed by atoms with Crippen LogP contribution in [0, 0.1) is 0 Å². The maximum absolute atomic E-state index is 12.3. The van der Waals surface area contributed by atoms with Crippen LogP contribution >= 0.6 is 0 Å². The molecule has 0 atom stereocenters. The van der Waals surface area contributed by atoms with Gasteiger partial charge in [0.25, 0.3) is 0 Å². The zero-order chi connectivity index (χ0) is 18.4. The summed E-state index contributed by atoms with van der Waals surface area (Å²) in [4.78, 5) is 40.1. The molecule has 1 aromatic rings. The summed E-state index contributed by atoms with van der Waals surface area (Å²) < 4.78 is 9.36. The molecule has 1 aliphatic rings. The first-order chi connectivity index (χ1) is 11.9. The van der Waals surface area contributed by atoms with E-state index in [1.807, 2.05) is 7.05 Å². The van der Waals surface area contributed by atoms with E-state index >= 15 is 0 Å². The third kappa shape index (κ3) is 5.27. The van der Waals surface area contributed by atoms with Crippen LogP contribution in [0.5, 0.6) is 0 Å². The second-order valence-electron chi connectivity index (χ2n) is 5.91. The van der Waals surface area contributed by atoms with Gasteiger partial charge >= 0.3 is 11.9 Å². The van der Waals surface area contributed by atoms with Gasteiger partial charge in [0.2, 0.25) is 5.91 Å². The van der Waals surface area contributed by atoms with E-state index in [1.54, 1.807) is 0 Å². The molecule has 1 aromatic carbocycles. The third-order valence-corrected chi connectivity index (χ3v) is 4.02. The zero-order valence-corrected chi connectivity index (χ0v) is 14.7. The molecule has 136 valence electrons. The lowest BCUT2D eigenvalue weighted by atomic mass is 10.1. The van der Waals surface area contributed by atoms with Gasteiger partial charge in [0.05, 0.1) is 31.9 Å². The summed E-state index contributed by atoms with van der Waals surface area (Å²) in [6, 6.07) is 4.31. The van der Waals surface area contributed by atoms with Gasteiger partial charge in [-0.05, 0) is 25.2 Å². The van der Waals surface area contributed by atoms with Crippen LogP contribution in [0.4, 0.5) is 5.69 Å². The number of hydrogen-bond acceptors (Lipinski definition) is 7. The molecule has 0 bridgehead atoms. The average molecular weight is 349 g/mol. The van der Waals surface area contributed by atoms with Crippen LogP contribution < -0.4 is 5.32 Å². The lowest BCUT2D eigenvalue weighted by molar-refractivity contribution is -0.117. The first-order valence-corrected chi connectivity index (χ1v) is 7.95. The average Bonchev–Trinajstić information content (AvgIpc) is 2.61. The second-order valence-corrected chi connectivity index (χ2v) is 5.91. The Labute approximate surface area is 146 Å². The van der Waals surface area contributed by atoms with Crippen molar-refractivity contribution in [3.05, 3.63) is 29.3 Å². The van der Waals surface area contributed by atoms with Crippen molar-refractivity contribution >= 4 is 23.5 Å². The van der Waals surface area contributed by atoms with Crippen LogP contribution in [-0.4, -0.2) is 81.6 Å². The minimum absolute atomic E-state index is 0.167. The number of anilines is 1. The normalized spacial score (nSPS) is 15.5. The maximum Gasteiger partial charge on any atom is 0.337 e. The number of esters is 2. The van der Waals surface area contributed by atoms with E-state index in [4.69, 9.17) is 0 Å². The Morgan fingerprint density at radius 1 is 0.960 bits per heavy atom. The molecule has 0 aliphatic carbocycles. The Hall–Kier alpha value is -2.45. The maximum atomic E-state index is 12.3. The number of amides is 1. The molecule has 0 radical (unpaired) electrons. The first-order valence-electron chi connectivity index (χ1n) is 7.95. The topological polar surface area (TPSA) is 88.2 Å². The summed E-state index contributed by atoms with van der Waals surface area (Å²) in [7, 11) is 4.54. The minimum atomic E-state index is -0.597. The molecule has 0 aromatic heterocycles. The SMILES string of the molecule is COC(=O)c1cc(NC(=O)CN2CCN(C)CC2)cc(C(=O)OC)c1. The zero-order valence-electron chi connectivity index (χ0n) is 14.7. The number of likely N-dealkylation sites (N-methyl/N-ethyl adjacent to an activating group) is 1. The number of methoxy groups -OCH3 is 2. The van der Waals surface area contributed by atoms with Crippen molar-refractivity contribution in [3.8, 4) is 0 Å². The van der Waals surface area contributed by atoms with Gasteiger partial charge in [-0.1, -0.05) is 0 Å². The van der Waals surface area contributed by atoms with Crippen LogP contribution in [0.3, 0.4) is 0 Å². The van der Waals surface area contributed by atoms with Crippen molar-refractivity contribution in [3.63, 3.8) is 0 Å². The minimum Gasteiger partial charge on any atom is -0.465 e. The molecule has 8 nitrogen and oxygen atoms in total. The number of carbonyl (C=O) groups excluding carboxylic acids is 3. The van der Waals surface area contributed by atoms with E-state index in [0.29, 0.717) is 5.69 Å². The van der Waals surface area contributed by atoms with Crippen LogP contribution in [0.2, 0.25) is 0 Å². The van der Waals surface area contributed by atoms with Crippen molar-refractivity contribution in [2.45, 2.75) is 0 Å². The molecule has 1 amide bonds. The molecule has 0 saturated carbocycles. The highest BCUT2D eigenvalue weighted by atomic mass is 16.5. The molecule has 1 fully saturated rings. The van der Waals surface area contributed by atoms with Gasteiger partial charge in [0, 0.05) is 31.9 Å². The summed E-state index contributed by atoms with van der Waals surface area (Å²) in [6.07, 6.45) is 0. The van der Waals surface area contributed by atoms with Crippen molar-refractivity contribution in [1.82, 2.24) is 9.80 Å². The first kappa shape index (κ1) is 18.9. The molecule has 1 heterocycles. The number of ether oxygens (including phenoxy) is 2. The van der Waals surface area contributed by atoms with Crippen molar-refractivity contribution in [2.75, 3.05) is 59.3 Å². The third-order valence-electron chi connectivity index (χ3n) is 4.02. The number of nitrogens with one attached hydrogen (secondary N) is 1. The second kappa shape index (κ2) is 8.59. The highest BCUT2D eigenvalue weighted by Crippen LogP contribution is 2.17. The fourth-order valence-corrected chi connectivity index (χ4v) is 2.58. The van der Waals surface area contributed by atoms with Crippen molar-refractivity contribution < 1.29 is 23.9 Å². The monoisotopic (exact) mass is 349 g/mol. The molecule has 8 heteroatoms. The van der Waals surface area contributed by atoms with E-state index < -0.39 is 11.9 Å². The van der Waals surface area contributed by atoms with Crippen molar-refractivity contribution in [2.24, 2.45) is 0 Å². The van der Waals surface area contributed by atoms with Crippen molar-refractivity contribution in [1.29, 1.82) is 0 Å². The molecule has 1 N–H and O–H groups in total. The smallest absolute Gasteiger partial charge is 0.337 e. The molecule has 1 aliphatic heterocycles. The van der Waals surface area contributed by atoms with Gasteiger partial charge in [0.15, 0.2) is 0 Å². The van der Waals surface area contributed by atoms with Gasteiger partial charge in [0.1, 0.15) is 0 Å². The Morgan fingerprint density at radius 2 is 1.48 bits per heavy atom.